The molecule has 26 heavy (non-hydrogen) atoms. The van der Waals surface area contributed by atoms with Crippen LogP contribution in [0.5, 0.6) is 0 Å². The van der Waals surface area contributed by atoms with E-state index in [1.807, 2.05) is 63.2 Å². The molecule has 3 aromatic rings. The first-order valence-electron chi connectivity index (χ1n) is 8.33. The number of carbonyl (C=O) groups excluding carboxylic acids is 1. The van der Waals surface area contributed by atoms with Gasteiger partial charge >= 0.3 is 5.97 Å². The number of aromatic amines is 1. The maximum atomic E-state index is 11.8. The average molecular weight is 351 g/mol. The topological polar surface area (TPSA) is 76.6 Å². The third-order valence-electron chi connectivity index (χ3n) is 3.48. The third-order valence-corrected chi connectivity index (χ3v) is 3.48. The number of benzene rings is 1. The van der Waals surface area contributed by atoms with Crippen molar-refractivity contribution in [3.8, 4) is 0 Å². The number of nitrogens with zero attached hydrogens (tertiary/aromatic N) is 2. The van der Waals surface area contributed by atoms with E-state index < -0.39 is 11.6 Å². The molecule has 1 aromatic carbocycles. The van der Waals surface area contributed by atoms with E-state index in [2.05, 4.69) is 15.1 Å². The maximum absolute atomic E-state index is 11.8. The number of carbonyl (C=O) groups is 1. The Morgan fingerprint density at radius 2 is 1.96 bits per heavy atom. The molecule has 0 atom stereocenters. The lowest BCUT2D eigenvalue weighted by Gasteiger charge is -2.18. The summed E-state index contributed by atoms with van der Waals surface area (Å²) in [6, 6.07) is 13.5. The van der Waals surface area contributed by atoms with E-state index in [-0.39, 0.29) is 6.61 Å². The van der Waals surface area contributed by atoms with Crippen molar-refractivity contribution in [2.45, 2.75) is 26.4 Å². The second-order valence-corrected chi connectivity index (χ2v) is 6.81. The van der Waals surface area contributed by atoms with Crippen LogP contribution in [0.3, 0.4) is 0 Å². The first kappa shape index (κ1) is 17.7. The largest absolute Gasteiger partial charge is 0.457 e. The standard InChI is InChI=1S/C20H21N3O3/c1-20(2,3)26-18(24)13-25-23-19(14-7-5-4-6-8-14)16-11-15-9-10-21-12-17(15)22-16/h4-12,22H,13H2,1-3H3/b23-19+. The summed E-state index contributed by atoms with van der Waals surface area (Å²) < 4.78 is 5.23. The summed E-state index contributed by atoms with van der Waals surface area (Å²) in [6.45, 7) is 5.17. The molecule has 6 heteroatoms. The molecule has 134 valence electrons. The highest BCUT2D eigenvalue weighted by molar-refractivity contribution is 6.13. The maximum Gasteiger partial charge on any atom is 0.347 e. The summed E-state index contributed by atoms with van der Waals surface area (Å²) in [5.74, 6) is -0.463. The van der Waals surface area contributed by atoms with Crippen molar-refractivity contribution in [2.24, 2.45) is 5.16 Å². The number of fused-ring (bicyclic) bond motifs is 1. The van der Waals surface area contributed by atoms with Crippen LogP contribution in [0.2, 0.25) is 0 Å². The monoisotopic (exact) mass is 351 g/mol. The Morgan fingerprint density at radius 1 is 1.19 bits per heavy atom. The molecule has 0 aliphatic carbocycles. The molecule has 0 radical (unpaired) electrons. The molecule has 3 rings (SSSR count). The van der Waals surface area contributed by atoms with E-state index in [9.17, 15) is 4.79 Å². The lowest BCUT2D eigenvalue weighted by Crippen LogP contribution is -2.26. The van der Waals surface area contributed by atoms with Crippen LogP contribution in [0.4, 0.5) is 0 Å². The third kappa shape index (κ3) is 4.47. The number of pyridine rings is 1. The zero-order chi connectivity index (χ0) is 18.6. The highest BCUT2D eigenvalue weighted by Crippen LogP contribution is 2.17. The van der Waals surface area contributed by atoms with Crippen molar-refractivity contribution in [1.29, 1.82) is 0 Å². The molecule has 0 unspecified atom stereocenters. The number of rotatable bonds is 5. The van der Waals surface area contributed by atoms with E-state index in [1.54, 1.807) is 12.4 Å². The van der Waals surface area contributed by atoms with Gasteiger partial charge in [-0.2, -0.15) is 0 Å². The number of H-pyrrole nitrogens is 1. The van der Waals surface area contributed by atoms with Crippen LogP contribution in [0.15, 0.2) is 60.0 Å². The molecular weight excluding hydrogens is 330 g/mol. The minimum Gasteiger partial charge on any atom is -0.457 e. The molecule has 0 aliphatic heterocycles. The minimum absolute atomic E-state index is 0.255. The summed E-state index contributed by atoms with van der Waals surface area (Å²) in [5, 5.41) is 5.21. The Kier molecular flexibility index (Phi) is 5.02. The van der Waals surface area contributed by atoms with Gasteiger partial charge in [0.25, 0.3) is 0 Å². The van der Waals surface area contributed by atoms with Crippen molar-refractivity contribution in [1.82, 2.24) is 9.97 Å². The molecule has 0 aliphatic rings. The van der Waals surface area contributed by atoms with Crippen molar-refractivity contribution >= 4 is 22.6 Å². The lowest BCUT2D eigenvalue weighted by atomic mass is 10.1. The smallest absolute Gasteiger partial charge is 0.347 e. The molecule has 2 heterocycles. The van der Waals surface area contributed by atoms with Gasteiger partial charge in [-0.3, -0.25) is 4.98 Å². The molecule has 0 fully saturated rings. The summed E-state index contributed by atoms with van der Waals surface area (Å²) >= 11 is 0. The first-order chi connectivity index (χ1) is 12.4. The summed E-state index contributed by atoms with van der Waals surface area (Å²) in [7, 11) is 0. The van der Waals surface area contributed by atoms with Crippen LogP contribution in [0.25, 0.3) is 10.9 Å². The molecule has 0 bridgehead atoms. The molecule has 0 amide bonds. The van der Waals surface area contributed by atoms with Crippen LogP contribution in [0, 0.1) is 0 Å². The normalized spacial score (nSPS) is 12.2. The predicted octanol–water partition coefficient (Wildman–Crippen LogP) is 3.67. The van der Waals surface area contributed by atoms with Gasteiger partial charge in [0.15, 0.2) is 0 Å². The van der Waals surface area contributed by atoms with Crippen LogP contribution in [-0.2, 0) is 14.4 Å². The van der Waals surface area contributed by atoms with Crippen LogP contribution < -0.4 is 0 Å². The van der Waals surface area contributed by atoms with Crippen molar-refractivity contribution in [2.75, 3.05) is 6.61 Å². The van der Waals surface area contributed by atoms with Gasteiger partial charge in [-0.05, 0) is 32.9 Å². The van der Waals surface area contributed by atoms with Gasteiger partial charge in [-0.25, -0.2) is 4.79 Å². The molecule has 0 saturated carbocycles. The average Bonchev–Trinajstić information content (AvgIpc) is 3.01. The van der Waals surface area contributed by atoms with Crippen molar-refractivity contribution in [3.05, 3.63) is 66.1 Å². The first-order valence-corrected chi connectivity index (χ1v) is 8.33. The van der Waals surface area contributed by atoms with Gasteiger partial charge in [-0.1, -0.05) is 35.5 Å². The van der Waals surface area contributed by atoms with E-state index in [0.717, 1.165) is 22.2 Å². The molecular formula is C20H21N3O3. The number of hydrogen-bond acceptors (Lipinski definition) is 5. The molecule has 0 spiro atoms. The molecule has 1 N–H and O–H groups in total. The fourth-order valence-electron chi connectivity index (χ4n) is 2.47. The van der Waals surface area contributed by atoms with E-state index in [4.69, 9.17) is 9.57 Å². The summed E-state index contributed by atoms with van der Waals surface area (Å²) in [6.07, 6.45) is 3.49. The predicted molar refractivity (Wildman–Crippen MR) is 100.0 cm³/mol. The Labute approximate surface area is 151 Å². The summed E-state index contributed by atoms with van der Waals surface area (Å²) in [4.78, 5) is 24.5. The highest BCUT2D eigenvalue weighted by atomic mass is 16.7. The van der Waals surface area contributed by atoms with Gasteiger partial charge < -0.3 is 14.6 Å². The fraction of sp³-hybridized carbons (Fsp3) is 0.250. The molecule has 2 aromatic heterocycles. The fourth-order valence-corrected chi connectivity index (χ4v) is 2.47. The minimum atomic E-state index is -0.559. The zero-order valence-corrected chi connectivity index (χ0v) is 15.0. The van der Waals surface area contributed by atoms with E-state index >= 15 is 0 Å². The van der Waals surface area contributed by atoms with Crippen LogP contribution in [0.1, 0.15) is 32.0 Å². The van der Waals surface area contributed by atoms with Crippen LogP contribution in [-0.4, -0.2) is 33.9 Å². The van der Waals surface area contributed by atoms with Crippen LogP contribution >= 0.6 is 0 Å². The van der Waals surface area contributed by atoms with E-state index in [0.29, 0.717) is 5.71 Å². The van der Waals surface area contributed by atoms with Gasteiger partial charge in [0.05, 0.1) is 17.4 Å². The molecule has 0 saturated heterocycles. The van der Waals surface area contributed by atoms with E-state index in [1.165, 1.54) is 0 Å². The SMILES string of the molecule is CC(C)(C)OC(=O)CO/N=C(\c1ccccc1)c1cc2ccncc2[nH]1. The van der Waals surface area contributed by atoms with Crippen molar-refractivity contribution < 1.29 is 14.4 Å². The Morgan fingerprint density at radius 3 is 2.65 bits per heavy atom. The number of hydrogen-bond donors (Lipinski definition) is 1. The Balaban J connectivity index is 1.85. The molecule has 6 nitrogen and oxygen atoms in total. The Hall–Kier alpha value is -3.15. The number of esters is 1. The number of nitrogens with one attached hydrogen (secondary N) is 1. The zero-order valence-electron chi connectivity index (χ0n) is 15.0. The van der Waals surface area contributed by atoms with Gasteiger partial charge in [0.1, 0.15) is 11.3 Å². The summed E-state index contributed by atoms with van der Waals surface area (Å²) in [5.41, 5.74) is 2.60. The van der Waals surface area contributed by atoms with Gasteiger partial charge in [-0.15, -0.1) is 0 Å². The number of aromatic nitrogens is 2. The number of ether oxygens (including phenoxy) is 1. The Bertz CT molecular complexity index is 891. The second kappa shape index (κ2) is 7.39. The second-order valence-electron chi connectivity index (χ2n) is 6.81. The van der Waals surface area contributed by atoms with Gasteiger partial charge in [0.2, 0.25) is 6.61 Å². The van der Waals surface area contributed by atoms with Crippen molar-refractivity contribution in [3.63, 3.8) is 0 Å². The van der Waals surface area contributed by atoms with Gasteiger partial charge in [0, 0.05) is 17.1 Å². The number of oxime groups is 1. The lowest BCUT2D eigenvalue weighted by molar-refractivity contribution is -0.160. The quantitative estimate of drug-likeness (QED) is 0.432. The highest BCUT2D eigenvalue weighted by Gasteiger charge is 2.17.